The van der Waals surface area contributed by atoms with Crippen LogP contribution in [0.25, 0.3) is 0 Å². The zero-order valence-electron chi connectivity index (χ0n) is 7.38. The molecule has 76 valence electrons. The Morgan fingerprint density at radius 3 is 2.64 bits per heavy atom. The van der Waals surface area contributed by atoms with Gasteiger partial charge in [-0.25, -0.2) is 0 Å². The monoisotopic (exact) mass is 234 g/mol. The smallest absolute Gasteiger partial charge is 0.293 e. The van der Waals surface area contributed by atoms with Gasteiger partial charge in [-0.3, -0.25) is 10.1 Å². The van der Waals surface area contributed by atoms with Gasteiger partial charge in [0.05, 0.1) is 15.0 Å². The second kappa shape index (κ2) is 4.48. The van der Waals surface area contributed by atoms with Gasteiger partial charge in [-0.15, -0.1) is 0 Å². The first-order valence-corrected chi connectivity index (χ1v) is 4.69. The molecule has 14 heavy (non-hydrogen) atoms. The highest BCUT2D eigenvalue weighted by Gasteiger charge is 2.18. The minimum absolute atomic E-state index is 0.0683. The molecule has 0 heterocycles. The van der Waals surface area contributed by atoms with Gasteiger partial charge in [-0.1, -0.05) is 23.2 Å². The summed E-state index contributed by atoms with van der Waals surface area (Å²) in [7, 11) is 0. The van der Waals surface area contributed by atoms with Crippen molar-refractivity contribution < 1.29 is 4.92 Å². The summed E-state index contributed by atoms with van der Waals surface area (Å²) < 4.78 is 0. The predicted molar refractivity (Wildman–Crippen MR) is 57.3 cm³/mol. The normalized spacial score (nSPS) is 9.93. The number of nitro benzene ring substituents is 1. The van der Waals surface area contributed by atoms with Crippen LogP contribution in [0.1, 0.15) is 6.92 Å². The van der Waals surface area contributed by atoms with Gasteiger partial charge in [0.15, 0.2) is 0 Å². The first-order valence-electron chi connectivity index (χ1n) is 3.94. The summed E-state index contributed by atoms with van der Waals surface area (Å²) in [5.74, 6) is 0. The molecule has 0 unspecified atom stereocenters. The van der Waals surface area contributed by atoms with E-state index in [1.807, 2.05) is 6.92 Å². The summed E-state index contributed by atoms with van der Waals surface area (Å²) in [5.41, 5.74) is 0.202. The van der Waals surface area contributed by atoms with E-state index < -0.39 is 4.92 Å². The van der Waals surface area contributed by atoms with Crippen molar-refractivity contribution in [3.8, 4) is 0 Å². The molecule has 1 aromatic carbocycles. The fourth-order valence-corrected chi connectivity index (χ4v) is 1.42. The molecule has 1 aromatic rings. The molecule has 0 amide bonds. The Bertz CT molecular complexity index is 369. The van der Waals surface area contributed by atoms with E-state index >= 15 is 0 Å². The minimum Gasteiger partial charge on any atom is -0.378 e. The summed E-state index contributed by atoms with van der Waals surface area (Å²) in [6, 6.07) is 2.73. The van der Waals surface area contributed by atoms with E-state index in [0.717, 1.165) is 0 Å². The van der Waals surface area contributed by atoms with Crippen LogP contribution in [-0.4, -0.2) is 11.5 Å². The van der Waals surface area contributed by atoms with E-state index in [1.165, 1.54) is 12.1 Å². The molecule has 0 bridgehead atoms. The zero-order valence-corrected chi connectivity index (χ0v) is 8.89. The largest absolute Gasteiger partial charge is 0.378 e. The highest BCUT2D eigenvalue weighted by atomic mass is 35.5. The van der Waals surface area contributed by atoms with E-state index in [0.29, 0.717) is 11.6 Å². The van der Waals surface area contributed by atoms with Crippen LogP contribution in [0.5, 0.6) is 0 Å². The molecule has 0 spiro atoms. The number of anilines is 1. The number of nitrogens with one attached hydrogen (secondary N) is 1. The maximum Gasteiger partial charge on any atom is 0.293 e. The van der Waals surface area contributed by atoms with E-state index in [2.05, 4.69) is 5.32 Å². The van der Waals surface area contributed by atoms with E-state index in [9.17, 15) is 10.1 Å². The molecule has 0 atom stereocenters. The number of rotatable bonds is 3. The molecule has 0 aromatic heterocycles. The van der Waals surface area contributed by atoms with Crippen molar-refractivity contribution in [1.82, 2.24) is 0 Å². The number of nitro groups is 1. The highest BCUT2D eigenvalue weighted by molar-refractivity contribution is 6.44. The second-order valence-electron chi connectivity index (χ2n) is 2.54. The van der Waals surface area contributed by atoms with Crippen LogP contribution in [0.2, 0.25) is 10.0 Å². The molecule has 0 radical (unpaired) electrons. The van der Waals surface area contributed by atoms with Gasteiger partial charge in [-0.2, -0.15) is 0 Å². The average molecular weight is 235 g/mol. The van der Waals surface area contributed by atoms with Crippen molar-refractivity contribution in [2.24, 2.45) is 0 Å². The summed E-state index contributed by atoms with van der Waals surface area (Å²) in [5, 5.41) is 13.9. The number of hydrogen-bond donors (Lipinski definition) is 1. The van der Waals surface area contributed by atoms with Crippen LogP contribution in [0.4, 0.5) is 11.4 Å². The molecular formula is C8H8Cl2N2O2. The minimum atomic E-state index is -0.500. The predicted octanol–water partition coefficient (Wildman–Crippen LogP) is 3.33. The highest BCUT2D eigenvalue weighted by Crippen LogP contribution is 2.37. The Hall–Kier alpha value is -1.000. The van der Waals surface area contributed by atoms with Gasteiger partial charge >= 0.3 is 0 Å². The van der Waals surface area contributed by atoms with Gasteiger partial charge in [0, 0.05) is 12.6 Å². The molecule has 1 rings (SSSR count). The first kappa shape index (κ1) is 11.1. The summed E-state index contributed by atoms with van der Waals surface area (Å²) in [6.45, 7) is 2.36. The third-order valence-corrected chi connectivity index (χ3v) is 2.43. The number of benzene rings is 1. The number of halogens is 2. The molecule has 1 N–H and O–H groups in total. The Balaban J connectivity index is 3.29. The summed E-state index contributed by atoms with van der Waals surface area (Å²) >= 11 is 11.6. The molecule has 0 saturated carbocycles. The van der Waals surface area contributed by atoms with Gasteiger partial charge in [-0.05, 0) is 13.0 Å². The van der Waals surface area contributed by atoms with Crippen molar-refractivity contribution in [3.05, 3.63) is 32.3 Å². The van der Waals surface area contributed by atoms with Crippen molar-refractivity contribution in [2.45, 2.75) is 6.92 Å². The first-order chi connectivity index (χ1) is 6.57. The Morgan fingerprint density at radius 1 is 1.50 bits per heavy atom. The molecule has 0 fully saturated rings. The van der Waals surface area contributed by atoms with Crippen LogP contribution in [-0.2, 0) is 0 Å². The second-order valence-corrected chi connectivity index (χ2v) is 3.33. The summed E-state index contributed by atoms with van der Waals surface area (Å²) in [6.07, 6.45) is 0. The molecule has 0 aliphatic carbocycles. The van der Waals surface area contributed by atoms with Crippen molar-refractivity contribution in [1.29, 1.82) is 0 Å². The standard InChI is InChI=1S/C8H8Cl2N2O2/c1-2-11-8-6(12(13)14)4-3-5(9)7(8)10/h3-4,11H,2H2,1H3. The van der Waals surface area contributed by atoms with Gasteiger partial charge < -0.3 is 5.32 Å². The average Bonchev–Trinajstić information content (AvgIpc) is 2.13. The van der Waals surface area contributed by atoms with Crippen LogP contribution < -0.4 is 5.32 Å². The maximum atomic E-state index is 10.6. The van der Waals surface area contributed by atoms with Crippen molar-refractivity contribution >= 4 is 34.6 Å². The third kappa shape index (κ3) is 2.08. The quantitative estimate of drug-likeness (QED) is 0.645. The molecule has 0 aliphatic rings. The van der Waals surface area contributed by atoms with Crippen LogP contribution in [0.3, 0.4) is 0 Å². The van der Waals surface area contributed by atoms with Crippen LogP contribution in [0, 0.1) is 10.1 Å². The van der Waals surface area contributed by atoms with Gasteiger partial charge in [0.1, 0.15) is 5.69 Å². The fourth-order valence-electron chi connectivity index (χ4n) is 1.04. The van der Waals surface area contributed by atoms with E-state index in [-0.39, 0.29) is 16.4 Å². The lowest BCUT2D eigenvalue weighted by atomic mass is 10.2. The van der Waals surface area contributed by atoms with Gasteiger partial charge in [0.25, 0.3) is 5.69 Å². The van der Waals surface area contributed by atoms with Crippen molar-refractivity contribution in [2.75, 3.05) is 11.9 Å². The topological polar surface area (TPSA) is 55.2 Å². The Kier molecular flexibility index (Phi) is 3.55. The Morgan fingerprint density at radius 2 is 2.14 bits per heavy atom. The van der Waals surface area contributed by atoms with E-state index in [4.69, 9.17) is 23.2 Å². The van der Waals surface area contributed by atoms with E-state index in [1.54, 1.807) is 0 Å². The summed E-state index contributed by atoms with van der Waals surface area (Å²) in [4.78, 5) is 10.1. The number of nitrogens with zero attached hydrogens (tertiary/aromatic N) is 1. The molecular weight excluding hydrogens is 227 g/mol. The fraction of sp³-hybridized carbons (Fsp3) is 0.250. The maximum absolute atomic E-state index is 10.6. The molecule has 6 heteroatoms. The lowest BCUT2D eigenvalue weighted by molar-refractivity contribution is -0.383. The lowest BCUT2D eigenvalue weighted by Crippen LogP contribution is -2.02. The van der Waals surface area contributed by atoms with Crippen LogP contribution >= 0.6 is 23.2 Å². The SMILES string of the molecule is CCNc1c([N+](=O)[O-])ccc(Cl)c1Cl. The molecule has 0 saturated heterocycles. The molecule has 4 nitrogen and oxygen atoms in total. The Labute approximate surface area is 91.0 Å². The number of hydrogen-bond acceptors (Lipinski definition) is 3. The zero-order chi connectivity index (χ0) is 10.7. The van der Waals surface area contributed by atoms with Crippen molar-refractivity contribution in [3.63, 3.8) is 0 Å². The third-order valence-electron chi connectivity index (χ3n) is 1.62. The molecule has 0 aliphatic heterocycles. The van der Waals surface area contributed by atoms with Gasteiger partial charge in [0.2, 0.25) is 0 Å². The van der Waals surface area contributed by atoms with Crippen LogP contribution in [0.15, 0.2) is 12.1 Å². The lowest BCUT2D eigenvalue weighted by Gasteiger charge is -2.07.